The molecule has 11 heavy (non-hydrogen) atoms. The maximum atomic E-state index is 8.85. The molecule has 0 aromatic rings. The minimum absolute atomic E-state index is 0.707. The third-order valence-electron chi connectivity index (χ3n) is 1.21. The van der Waals surface area contributed by atoms with Gasteiger partial charge >= 0.3 is 0 Å². The van der Waals surface area contributed by atoms with E-state index in [0.717, 1.165) is 0 Å². The van der Waals surface area contributed by atoms with Crippen LogP contribution in [0.3, 0.4) is 0 Å². The van der Waals surface area contributed by atoms with Crippen molar-refractivity contribution in [1.29, 1.82) is 0 Å². The summed E-state index contributed by atoms with van der Waals surface area (Å²) in [5.41, 5.74) is -1.66. The molecule has 0 heterocycles. The van der Waals surface area contributed by atoms with Crippen LogP contribution in [0.25, 0.3) is 0 Å². The minimum Gasteiger partial charge on any atom is -0.394 e. The molecule has 0 rings (SSSR count). The summed E-state index contributed by atoms with van der Waals surface area (Å²) >= 11 is 4.98. The van der Waals surface area contributed by atoms with Gasteiger partial charge in [-0.15, -0.1) is 0 Å². The van der Waals surface area contributed by atoms with E-state index in [4.69, 9.17) is 37.1 Å². The fourth-order valence-electron chi connectivity index (χ4n) is 0.498. The number of halogens is 1. The fourth-order valence-corrected chi connectivity index (χ4v) is 0.647. The van der Waals surface area contributed by atoms with Gasteiger partial charge in [0.1, 0.15) is 18.3 Å². The maximum absolute atomic E-state index is 8.85. The van der Waals surface area contributed by atoms with Crippen LogP contribution in [-0.4, -0.2) is 56.0 Å². The molecule has 0 aliphatic carbocycles. The molecule has 0 fully saturated rings. The Balaban J connectivity index is 3.90. The first-order chi connectivity index (χ1) is 5.00. The molecule has 0 aliphatic heterocycles. The maximum Gasteiger partial charge on any atom is 0.156 e. The first kappa shape index (κ1) is 11.1. The highest BCUT2D eigenvalue weighted by atomic mass is 35.5. The third kappa shape index (κ3) is 3.33. The molecule has 5 nitrogen and oxygen atoms in total. The van der Waals surface area contributed by atoms with Crippen molar-refractivity contribution in [2.24, 2.45) is 0 Å². The molecule has 0 saturated carbocycles. The van der Waals surface area contributed by atoms with Crippen LogP contribution in [0.4, 0.5) is 0 Å². The number of alkyl halides is 1. The minimum atomic E-state index is -1.67. The number of hydrogen-bond acceptors (Lipinski definition) is 5. The Labute approximate surface area is 68.5 Å². The molecule has 0 aliphatic rings. The molecule has 0 radical (unpaired) electrons. The van der Waals surface area contributed by atoms with E-state index in [2.05, 4.69) is 0 Å². The number of rotatable bonds is 4. The second-order valence-electron chi connectivity index (χ2n) is 2.10. The molecule has 0 aromatic carbocycles. The Kier molecular flexibility index (Phi) is 4.91. The number of aliphatic hydroxyl groups excluding tert-OH is 5. The Morgan fingerprint density at radius 1 is 1.00 bits per heavy atom. The van der Waals surface area contributed by atoms with Gasteiger partial charge < -0.3 is 25.5 Å². The largest absolute Gasteiger partial charge is 0.394 e. The summed E-state index contributed by atoms with van der Waals surface area (Å²) in [5.74, 6) is 0. The topological polar surface area (TPSA) is 101 Å². The zero-order valence-corrected chi connectivity index (χ0v) is 6.39. The van der Waals surface area contributed by atoms with Crippen LogP contribution < -0.4 is 0 Å². The highest BCUT2D eigenvalue weighted by Crippen LogP contribution is 2.07. The molecule has 6 heteroatoms. The monoisotopic (exact) mass is 186 g/mol. The normalized spacial score (nSPS) is 22.4. The summed E-state index contributed by atoms with van der Waals surface area (Å²) < 4.78 is 0. The predicted molar refractivity (Wildman–Crippen MR) is 37.0 cm³/mol. The zero-order chi connectivity index (χ0) is 9.02. The summed E-state index contributed by atoms with van der Waals surface area (Å²) in [5, 5.41) is 43.2. The average molecular weight is 187 g/mol. The highest BCUT2D eigenvalue weighted by Gasteiger charge is 2.28. The standard InChI is InChI=1S/C5H11ClO5/c6-5(11)4(10)3(9)2(8)1-7/h2-5,7-11H,1H2/t2-,3-,4+,5?/m1/s1. The molecule has 0 amide bonds. The van der Waals surface area contributed by atoms with Crippen molar-refractivity contribution in [1.82, 2.24) is 0 Å². The van der Waals surface area contributed by atoms with E-state index in [1.165, 1.54) is 0 Å². The predicted octanol–water partition coefficient (Wildman–Crippen LogP) is -2.38. The second kappa shape index (κ2) is 4.87. The van der Waals surface area contributed by atoms with E-state index >= 15 is 0 Å². The van der Waals surface area contributed by atoms with Gasteiger partial charge in [-0.25, -0.2) is 0 Å². The summed E-state index contributed by atoms with van der Waals surface area (Å²) in [6, 6.07) is 0. The van der Waals surface area contributed by atoms with Gasteiger partial charge in [-0.05, 0) is 0 Å². The van der Waals surface area contributed by atoms with Crippen molar-refractivity contribution in [2.45, 2.75) is 23.9 Å². The van der Waals surface area contributed by atoms with Crippen molar-refractivity contribution in [3.8, 4) is 0 Å². The van der Waals surface area contributed by atoms with Gasteiger partial charge in [0.2, 0.25) is 0 Å². The molecule has 5 N–H and O–H groups in total. The Bertz CT molecular complexity index is 109. The van der Waals surface area contributed by atoms with E-state index in [9.17, 15) is 0 Å². The number of aliphatic hydroxyl groups is 5. The highest BCUT2D eigenvalue weighted by molar-refractivity contribution is 6.19. The van der Waals surface area contributed by atoms with Crippen LogP contribution >= 0.6 is 11.6 Å². The van der Waals surface area contributed by atoms with E-state index in [-0.39, 0.29) is 0 Å². The van der Waals surface area contributed by atoms with E-state index in [1.54, 1.807) is 0 Å². The van der Waals surface area contributed by atoms with Crippen molar-refractivity contribution in [3.05, 3.63) is 0 Å². The lowest BCUT2D eigenvalue weighted by Crippen LogP contribution is -2.43. The summed E-state index contributed by atoms with van der Waals surface area (Å²) in [6.45, 7) is -0.707. The van der Waals surface area contributed by atoms with Crippen LogP contribution in [0.1, 0.15) is 0 Å². The van der Waals surface area contributed by atoms with Crippen LogP contribution in [0.5, 0.6) is 0 Å². The lowest BCUT2D eigenvalue weighted by molar-refractivity contribution is -0.0981. The SMILES string of the molecule is OC[C@@H](O)[C@@H](O)[C@H](O)C(O)Cl. The summed E-state index contributed by atoms with van der Waals surface area (Å²) in [7, 11) is 0. The van der Waals surface area contributed by atoms with E-state index in [1.807, 2.05) is 0 Å². The molecular weight excluding hydrogens is 176 g/mol. The second-order valence-corrected chi connectivity index (χ2v) is 2.55. The molecule has 0 spiro atoms. The molecule has 0 bridgehead atoms. The Morgan fingerprint density at radius 3 is 1.73 bits per heavy atom. The Hall–Kier alpha value is 0.0900. The van der Waals surface area contributed by atoms with E-state index in [0.29, 0.717) is 0 Å². The summed E-state index contributed by atoms with van der Waals surface area (Å²) in [6.07, 6.45) is -4.82. The van der Waals surface area contributed by atoms with Crippen molar-refractivity contribution in [3.63, 3.8) is 0 Å². The van der Waals surface area contributed by atoms with Crippen molar-refractivity contribution >= 4 is 11.6 Å². The molecule has 1 unspecified atom stereocenters. The lowest BCUT2D eigenvalue weighted by Gasteiger charge is -2.21. The molecule has 0 saturated heterocycles. The van der Waals surface area contributed by atoms with Gasteiger partial charge in [0, 0.05) is 0 Å². The Morgan fingerprint density at radius 2 is 1.45 bits per heavy atom. The van der Waals surface area contributed by atoms with Gasteiger partial charge in [0.15, 0.2) is 5.56 Å². The first-order valence-electron chi connectivity index (χ1n) is 2.98. The fraction of sp³-hybridized carbons (Fsp3) is 1.00. The number of hydrogen-bond donors (Lipinski definition) is 5. The van der Waals surface area contributed by atoms with Crippen LogP contribution in [0.2, 0.25) is 0 Å². The lowest BCUT2D eigenvalue weighted by atomic mass is 10.1. The molecule has 0 aromatic heterocycles. The first-order valence-corrected chi connectivity index (χ1v) is 3.41. The van der Waals surface area contributed by atoms with Gasteiger partial charge in [0.25, 0.3) is 0 Å². The van der Waals surface area contributed by atoms with Crippen molar-refractivity contribution < 1.29 is 25.5 Å². The van der Waals surface area contributed by atoms with Crippen LogP contribution in [-0.2, 0) is 0 Å². The van der Waals surface area contributed by atoms with Crippen LogP contribution in [0.15, 0.2) is 0 Å². The van der Waals surface area contributed by atoms with Gasteiger partial charge in [-0.1, -0.05) is 11.6 Å². The van der Waals surface area contributed by atoms with Gasteiger partial charge in [-0.2, -0.15) is 0 Å². The van der Waals surface area contributed by atoms with E-state index < -0.39 is 30.5 Å². The molecular formula is C5H11ClO5. The average Bonchev–Trinajstić information content (AvgIpc) is 2.00. The molecule has 4 atom stereocenters. The smallest absolute Gasteiger partial charge is 0.156 e. The van der Waals surface area contributed by atoms with Gasteiger partial charge in [0.05, 0.1) is 6.61 Å². The van der Waals surface area contributed by atoms with Crippen molar-refractivity contribution in [2.75, 3.05) is 6.61 Å². The van der Waals surface area contributed by atoms with Crippen LogP contribution in [0, 0.1) is 0 Å². The summed E-state index contributed by atoms with van der Waals surface area (Å²) in [4.78, 5) is 0. The molecule has 68 valence electrons. The quantitative estimate of drug-likeness (QED) is 0.316. The third-order valence-corrected chi connectivity index (χ3v) is 1.47. The van der Waals surface area contributed by atoms with Gasteiger partial charge in [-0.3, -0.25) is 0 Å². The zero-order valence-electron chi connectivity index (χ0n) is 5.63.